The number of nitrogens with one attached hydrogen (secondary N) is 1. The summed E-state index contributed by atoms with van der Waals surface area (Å²) in [7, 11) is 0. The second-order valence-electron chi connectivity index (χ2n) is 5.94. The molecule has 2 rings (SSSR count). The van der Waals surface area contributed by atoms with Crippen LogP contribution in [-0.4, -0.2) is 34.2 Å². The van der Waals surface area contributed by atoms with Gasteiger partial charge in [0.15, 0.2) is 0 Å². The van der Waals surface area contributed by atoms with Crippen LogP contribution >= 0.6 is 0 Å². The molecule has 106 valence electrons. The van der Waals surface area contributed by atoms with E-state index in [0.29, 0.717) is 11.1 Å². The molecule has 1 N–H and O–H groups in total. The van der Waals surface area contributed by atoms with E-state index in [9.17, 15) is 14.4 Å². The number of fused-ring (bicyclic) bond motifs is 1. The summed E-state index contributed by atoms with van der Waals surface area (Å²) in [5.74, 6) is -1.17. The molecule has 1 aliphatic heterocycles. The lowest BCUT2D eigenvalue weighted by molar-refractivity contribution is -0.125. The number of carbonyl (C=O) groups excluding carboxylic acids is 3. The zero-order valence-electron chi connectivity index (χ0n) is 12.1. The SMILES string of the molecule is C[C@H](C(=O)NC(C)(C)C)N1C(=O)c2ccccc2C1=O. The van der Waals surface area contributed by atoms with Gasteiger partial charge in [-0.3, -0.25) is 19.3 Å². The Bertz CT molecular complexity index is 552. The Labute approximate surface area is 118 Å². The smallest absolute Gasteiger partial charge is 0.262 e. The first-order valence-electron chi connectivity index (χ1n) is 6.51. The second kappa shape index (κ2) is 4.74. The van der Waals surface area contributed by atoms with Gasteiger partial charge in [0, 0.05) is 5.54 Å². The number of carbonyl (C=O) groups is 3. The molecule has 3 amide bonds. The Morgan fingerprint density at radius 3 is 1.95 bits per heavy atom. The summed E-state index contributed by atoms with van der Waals surface area (Å²) in [6.45, 7) is 7.10. The lowest BCUT2D eigenvalue weighted by atomic mass is 10.1. The van der Waals surface area contributed by atoms with Gasteiger partial charge in [-0.05, 0) is 39.8 Å². The molecule has 0 unspecified atom stereocenters. The van der Waals surface area contributed by atoms with Crippen LogP contribution < -0.4 is 5.32 Å². The molecule has 0 saturated carbocycles. The summed E-state index contributed by atoms with van der Waals surface area (Å²) < 4.78 is 0. The van der Waals surface area contributed by atoms with Crippen LogP contribution in [0.25, 0.3) is 0 Å². The normalized spacial score (nSPS) is 16.1. The lowest BCUT2D eigenvalue weighted by Crippen LogP contribution is -2.52. The van der Waals surface area contributed by atoms with Crippen molar-refractivity contribution in [3.8, 4) is 0 Å². The highest BCUT2D eigenvalue weighted by molar-refractivity contribution is 6.22. The van der Waals surface area contributed by atoms with Crippen molar-refractivity contribution in [3.05, 3.63) is 35.4 Å². The van der Waals surface area contributed by atoms with Crippen molar-refractivity contribution in [3.63, 3.8) is 0 Å². The van der Waals surface area contributed by atoms with E-state index in [0.717, 1.165) is 4.90 Å². The fourth-order valence-corrected chi connectivity index (χ4v) is 2.15. The summed E-state index contributed by atoms with van der Waals surface area (Å²) in [4.78, 5) is 37.6. The summed E-state index contributed by atoms with van der Waals surface area (Å²) in [6.07, 6.45) is 0. The molecule has 5 heteroatoms. The Morgan fingerprint density at radius 1 is 1.10 bits per heavy atom. The van der Waals surface area contributed by atoms with Gasteiger partial charge in [-0.2, -0.15) is 0 Å². The topological polar surface area (TPSA) is 66.5 Å². The largest absolute Gasteiger partial charge is 0.350 e. The van der Waals surface area contributed by atoms with Crippen LogP contribution in [-0.2, 0) is 4.79 Å². The van der Waals surface area contributed by atoms with Crippen molar-refractivity contribution in [2.24, 2.45) is 0 Å². The molecule has 1 aromatic carbocycles. The van der Waals surface area contributed by atoms with Crippen molar-refractivity contribution in [2.45, 2.75) is 39.3 Å². The van der Waals surface area contributed by atoms with E-state index in [1.165, 1.54) is 0 Å². The fourth-order valence-electron chi connectivity index (χ4n) is 2.15. The molecule has 0 aromatic heterocycles. The molecular formula is C15H18N2O3. The highest BCUT2D eigenvalue weighted by atomic mass is 16.2. The molecular weight excluding hydrogens is 256 g/mol. The van der Waals surface area contributed by atoms with Crippen LogP contribution in [0.4, 0.5) is 0 Å². The second-order valence-corrected chi connectivity index (χ2v) is 5.94. The first-order chi connectivity index (χ1) is 9.22. The number of amides is 3. The van der Waals surface area contributed by atoms with E-state index in [4.69, 9.17) is 0 Å². The molecule has 20 heavy (non-hydrogen) atoms. The van der Waals surface area contributed by atoms with Crippen molar-refractivity contribution < 1.29 is 14.4 Å². The minimum absolute atomic E-state index is 0.341. The highest BCUT2D eigenvalue weighted by Gasteiger charge is 2.40. The maximum absolute atomic E-state index is 12.2. The minimum atomic E-state index is -0.832. The van der Waals surface area contributed by atoms with Crippen LogP contribution in [0.1, 0.15) is 48.4 Å². The quantitative estimate of drug-likeness (QED) is 0.833. The first kappa shape index (κ1) is 14.2. The van der Waals surface area contributed by atoms with Gasteiger partial charge in [0.05, 0.1) is 11.1 Å². The number of nitrogens with zero attached hydrogens (tertiary/aromatic N) is 1. The number of rotatable bonds is 2. The minimum Gasteiger partial charge on any atom is -0.350 e. The molecule has 1 aliphatic rings. The molecule has 0 fully saturated rings. The van der Waals surface area contributed by atoms with Crippen molar-refractivity contribution in [1.82, 2.24) is 10.2 Å². The zero-order valence-corrected chi connectivity index (χ0v) is 12.1. The molecule has 0 spiro atoms. The number of hydrogen-bond acceptors (Lipinski definition) is 3. The maximum Gasteiger partial charge on any atom is 0.262 e. The summed E-state index contributed by atoms with van der Waals surface area (Å²) in [5.41, 5.74) is 0.296. The van der Waals surface area contributed by atoms with Gasteiger partial charge < -0.3 is 5.32 Å². The molecule has 0 saturated heterocycles. The Kier molecular flexibility index (Phi) is 3.38. The average Bonchev–Trinajstić information content (AvgIpc) is 2.60. The number of imide groups is 1. The summed E-state index contributed by atoms with van der Waals surface area (Å²) in [5, 5.41) is 2.78. The van der Waals surface area contributed by atoms with E-state index in [1.807, 2.05) is 20.8 Å². The highest BCUT2D eigenvalue weighted by Crippen LogP contribution is 2.24. The Hall–Kier alpha value is -2.17. The van der Waals surface area contributed by atoms with E-state index in [-0.39, 0.29) is 5.91 Å². The van der Waals surface area contributed by atoms with E-state index >= 15 is 0 Å². The van der Waals surface area contributed by atoms with Gasteiger partial charge in [0.2, 0.25) is 5.91 Å². The van der Waals surface area contributed by atoms with Gasteiger partial charge in [-0.1, -0.05) is 12.1 Å². The van der Waals surface area contributed by atoms with Gasteiger partial charge in [-0.25, -0.2) is 0 Å². The summed E-state index contributed by atoms with van der Waals surface area (Å²) in [6, 6.07) is 5.77. The number of benzene rings is 1. The van der Waals surface area contributed by atoms with E-state index in [2.05, 4.69) is 5.32 Å². The first-order valence-corrected chi connectivity index (χ1v) is 6.51. The van der Waals surface area contributed by atoms with E-state index in [1.54, 1.807) is 31.2 Å². The summed E-state index contributed by atoms with van der Waals surface area (Å²) >= 11 is 0. The van der Waals surface area contributed by atoms with Crippen LogP contribution in [0.3, 0.4) is 0 Å². The fraction of sp³-hybridized carbons (Fsp3) is 0.400. The van der Waals surface area contributed by atoms with Crippen LogP contribution in [0.15, 0.2) is 24.3 Å². The molecule has 0 radical (unpaired) electrons. The third-order valence-electron chi connectivity index (χ3n) is 3.09. The molecule has 0 bridgehead atoms. The predicted molar refractivity (Wildman–Crippen MR) is 74.3 cm³/mol. The van der Waals surface area contributed by atoms with Crippen LogP contribution in [0.5, 0.6) is 0 Å². The van der Waals surface area contributed by atoms with Crippen molar-refractivity contribution in [1.29, 1.82) is 0 Å². The Balaban J connectivity index is 2.25. The number of hydrogen-bond donors (Lipinski definition) is 1. The van der Waals surface area contributed by atoms with Gasteiger partial charge in [0.1, 0.15) is 6.04 Å². The van der Waals surface area contributed by atoms with Crippen molar-refractivity contribution >= 4 is 17.7 Å². The average molecular weight is 274 g/mol. The van der Waals surface area contributed by atoms with Crippen LogP contribution in [0, 0.1) is 0 Å². The van der Waals surface area contributed by atoms with Gasteiger partial charge in [-0.15, -0.1) is 0 Å². The maximum atomic E-state index is 12.2. The molecule has 1 heterocycles. The zero-order chi connectivity index (χ0) is 15.1. The van der Waals surface area contributed by atoms with Gasteiger partial charge in [0.25, 0.3) is 11.8 Å². The third kappa shape index (κ3) is 2.43. The molecule has 0 aliphatic carbocycles. The van der Waals surface area contributed by atoms with Crippen LogP contribution in [0.2, 0.25) is 0 Å². The van der Waals surface area contributed by atoms with Crippen molar-refractivity contribution in [2.75, 3.05) is 0 Å². The lowest BCUT2D eigenvalue weighted by Gasteiger charge is -2.27. The third-order valence-corrected chi connectivity index (χ3v) is 3.09. The molecule has 1 aromatic rings. The van der Waals surface area contributed by atoms with Gasteiger partial charge >= 0.3 is 0 Å². The van der Waals surface area contributed by atoms with E-state index < -0.39 is 23.4 Å². The molecule has 1 atom stereocenters. The monoisotopic (exact) mass is 274 g/mol. The predicted octanol–water partition coefficient (Wildman–Crippen LogP) is 1.59. The standard InChI is InChI=1S/C15H18N2O3/c1-9(12(18)16-15(2,3)4)17-13(19)10-7-5-6-8-11(10)14(17)20/h5-9H,1-4H3,(H,16,18)/t9-/m1/s1. The molecule has 5 nitrogen and oxygen atoms in total. The Morgan fingerprint density at radius 2 is 1.55 bits per heavy atom.